The van der Waals surface area contributed by atoms with Gasteiger partial charge in [-0.25, -0.2) is 0 Å². The summed E-state index contributed by atoms with van der Waals surface area (Å²) in [5.74, 6) is 0. The van der Waals surface area contributed by atoms with Crippen molar-refractivity contribution >= 4 is 15.9 Å². The van der Waals surface area contributed by atoms with Crippen LogP contribution in [0, 0.1) is 0 Å². The smallest absolute Gasteiger partial charge is 0.0741 e. The van der Waals surface area contributed by atoms with Crippen molar-refractivity contribution in [2.24, 2.45) is 5.73 Å². The van der Waals surface area contributed by atoms with Crippen LogP contribution in [0.4, 0.5) is 0 Å². The monoisotopic (exact) mass is 293 g/mol. The maximum absolute atomic E-state index is 5.78. The van der Waals surface area contributed by atoms with Gasteiger partial charge in [-0.15, -0.1) is 0 Å². The lowest BCUT2D eigenvalue weighted by Gasteiger charge is -2.13. The third kappa shape index (κ3) is 2.28. The Morgan fingerprint density at radius 1 is 1.35 bits per heavy atom. The Kier molecular flexibility index (Phi) is 3.64. The molecule has 0 amide bonds. The Morgan fingerprint density at radius 2 is 2.06 bits per heavy atom. The number of hydrogen-bond acceptors (Lipinski definition) is 2. The van der Waals surface area contributed by atoms with Crippen molar-refractivity contribution in [3.63, 3.8) is 0 Å². The predicted molar refractivity (Wildman–Crippen MR) is 73.6 cm³/mol. The molecule has 0 radical (unpaired) electrons. The largest absolute Gasteiger partial charge is 0.326 e. The lowest BCUT2D eigenvalue weighted by molar-refractivity contribution is 0.538. The van der Waals surface area contributed by atoms with Gasteiger partial charge in [0.15, 0.2) is 0 Å². The fraction of sp³-hybridized carbons (Fsp3) is 0.308. The number of hydrogen-bond donors (Lipinski definition) is 1. The van der Waals surface area contributed by atoms with Crippen molar-refractivity contribution in [3.8, 4) is 11.3 Å². The van der Waals surface area contributed by atoms with E-state index in [2.05, 4.69) is 40.9 Å². The summed E-state index contributed by atoms with van der Waals surface area (Å²) < 4.78 is 3.08. The summed E-state index contributed by atoms with van der Waals surface area (Å²) in [5, 5.41) is 4.42. The van der Waals surface area contributed by atoms with E-state index in [0.717, 1.165) is 21.3 Å². The maximum Gasteiger partial charge on any atom is 0.0741 e. The quantitative estimate of drug-likeness (QED) is 0.943. The molecule has 90 valence electrons. The van der Waals surface area contributed by atoms with Crippen LogP contribution in [-0.2, 0) is 6.54 Å². The Bertz CT molecular complexity index is 517. The van der Waals surface area contributed by atoms with Crippen molar-refractivity contribution in [2.75, 3.05) is 0 Å². The summed E-state index contributed by atoms with van der Waals surface area (Å²) in [6.45, 7) is 4.74. The van der Waals surface area contributed by atoms with Crippen molar-refractivity contribution in [3.05, 3.63) is 40.5 Å². The summed E-state index contributed by atoms with van der Waals surface area (Å²) in [7, 11) is 0. The molecule has 0 saturated heterocycles. The van der Waals surface area contributed by atoms with E-state index in [4.69, 9.17) is 5.73 Å². The number of nitrogens with two attached hydrogens (primary N) is 1. The second kappa shape index (κ2) is 5.02. The Hall–Kier alpha value is -1.13. The van der Waals surface area contributed by atoms with E-state index in [-0.39, 0.29) is 0 Å². The molecular formula is C13H16BrN3. The highest BCUT2D eigenvalue weighted by Crippen LogP contribution is 2.31. The molecule has 1 heterocycles. The third-order valence-electron chi connectivity index (χ3n) is 2.71. The molecule has 1 aromatic heterocycles. The maximum atomic E-state index is 5.78. The van der Waals surface area contributed by atoms with Gasteiger partial charge in [0, 0.05) is 28.2 Å². The highest BCUT2D eigenvalue weighted by Gasteiger charge is 2.15. The number of nitrogens with zero attached hydrogens (tertiary/aromatic N) is 2. The Balaban J connectivity index is 2.64. The molecule has 0 spiro atoms. The van der Waals surface area contributed by atoms with Gasteiger partial charge in [0.25, 0.3) is 0 Å². The molecule has 2 N–H and O–H groups in total. The molecule has 0 aliphatic heterocycles. The number of halogens is 1. The van der Waals surface area contributed by atoms with Crippen LogP contribution in [0.1, 0.15) is 25.5 Å². The molecule has 1 aromatic carbocycles. The zero-order valence-electron chi connectivity index (χ0n) is 10.0. The summed E-state index contributed by atoms with van der Waals surface area (Å²) >= 11 is 3.58. The molecule has 0 saturated carbocycles. The molecule has 3 nitrogen and oxygen atoms in total. The van der Waals surface area contributed by atoms with Gasteiger partial charge < -0.3 is 5.73 Å². The number of rotatable bonds is 3. The second-order valence-electron chi connectivity index (χ2n) is 4.24. The average Bonchev–Trinajstić information content (AvgIpc) is 2.73. The minimum absolute atomic E-state index is 0.317. The van der Waals surface area contributed by atoms with Crippen LogP contribution in [0.2, 0.25) is 0 Å². The van der Waals surface area contributed by atoms with E-state index in [1.54, 1.807) is 0 Å². The first kappa shape index (κ1) is 12.3. The molecule has 0 aliphatic rings. The molecule has 4 heteroatoms. The molecule has 2 rings (SSSR count). The number of benzene rings is 1. The minimum atomic E-state index is 0.317. The zero-order chi connectivity index (χ0) is 12.4. The van der Waals surface area contributed by atoms with Gasteiger partial charge in [0.05, 0.1) is 11.9 Å². The number of aromatic nitrogens is 2. The Morgan fingerprint density at radius 3 is 2.65 bits per heavy atom. The molecular weight excluding hydrogens is 278 g/mol. The molecule has 0 unspecified atom stereocenters. The highest BCUT2D eigenvalue weighted by molar-refractivity contribution is 9.10. The SMILES string of the molecule is CC(C)n1ncc(CN)c1-c1ccccc1Br. The topological polar surface area (TPSA) is 43.8 Å². The van der Waals surface area contributed by atoms with E-state index in [1.807, 2.05) is 29.1 Å². The van der Waals surface area contributed by atoms with Crippen LogP contribution in [0.5, 0.6) is 0 Å². The van der Waals surface area contributed by atoms with Gasteiger partial charge in [0.1, 0.15) is 0 Å². The fourth-order valence-corrected chi connectivity index (χ4v) is 2.36. The van der Waals surface area contributed by atoms with Crippen LogP contribution in [0.3, 0.4) is 0 Å². The van der Waals surface area contributed by atoms with E-state index >= 15 is 0 Å². The van der Waals surface area contributed by atoms with Crippen molar-refractivity contribution < 1.29 is 0 Å². The summed E-state index contributed by atoms with van der Waals surface area (Å²) in [6.07, 6.45) is 1.86. The van der Waals surface area contributed by atoms with E-state index in [1.165, 1.54) is 0 Å². The van der Waals surface area contributed by atoms with Crippen LogP contribution < -0.4 is 5.73 Å². The average molecular weight is 294 g/mol. The summed E-state index contributed by atoms with van der Waals surface area (Å²) in [5.41, 5.74) is 9.10. The lowest BCUT2D eigenvalue weighted by atomic mass is 10.1. The highest BCUT2D eigenvalue weighted by atomic mass is 79.9. The predicted octanol–water partition coefficient (Wildman–Crippen LogP) is 3.35. The van der Waals surface area contributed by atoms with Crippen LogP contribution >= 0.6 is 15.9 Å². The van der Waals surface area contributed by atoms with E-state index in [9.17, 15) is 0 Å². The van der Waals surface area contributed by atoms with E-state index in [0.29, 0.717) is 12.6 Å². The minimum Gasteiger partial charge on any atom is -0.326 e. The van der Waals surface area contributed by atoms with Gasteiger partial charge in [-0.2, -0.15) is 5.10 Å². The lowest BCUT2D eigenvalue weighted by Crippen LogP contribution is -2.06. The molecule has 0 aliphatic carbocycles. The fourth-order valence-electron chi connectivity index (χ4n) is 1.89. The van der Waals surface area contributed by atoms with Gasteiger partial charge >= 0.3 is 0 Å². The standard InChI is InChI=1S/C13H16BrN3/c1-9(2)17-13(10(7-15)8-16-17)11-5-3-4-6-12(11)14/h3-6,8-9H,7,15H2,1-2H3. The first-order chi connectivity index (χ1) is 8.15. The molecule has 17 heavy (non-hydrogen) atoms. The van der Waals surface area contributed by atoms with Gasteiger partial charge in [0.2, 0.25) is 0 Å². The summed E-state index contributed by atoms with van der Waals surface area (Å²) in [6, 6.07) is 8.47. The second-order valence-corrected chi connectivity index (χ2v) is 5.10. The van der Waals surface area contributed by atoms with Gasteiger partial charge in [-0.1, -0.05) is 34.1 Å². The molecule has 0 atom stereocenters. The first-order valence-electron chi connectivity index (χ1n) is 5.66. The van der Waals surface area contributed by atoms with Gasteiger partial charge in [-0.3, -0.25) is 4.68 Å². The van der Waals surface area contributed by atoms with Crippen molar-refractivity contribution in [1.29, 1.82) is 0 Å². The van der Waals surface area contributed by atoms with Gasteiger partial charge in [-0.05, 0) is 19.9 Å². The van der Waals surface area contributed by atoms with E-state index < -0.39 is 0 Å². The molecule has 0 bridgehead atoms. The van der Waals surface area contributed by atoms with Crippen LogP contribution in [-0.4, -0.2) is 9.78 Å². The normalized spacial score (nSPS) is 11.1. The third-order valence-corrected chi connectivity index (χ3v) is 3.40. The molecule has 0 fully saturated rings. The van der Waals surface area contributed by atoms with Crippen molar-refractivity contribution in [2.45, 2.75) is 26.4 Å². The first-order valence-corrected chi connectivity index (χ1v) is 6.45. The Labute approximate surface area is 110 Å². The van der Waals surface area contributed by atoms with Crippen molar-refractivity contribution in [1.82, 2.24) is 9.78 Å². The molecule has 2 aromatic rings. The van der Waals surface area contributed by atoms with Crippen LogP contribution in [0.25, 0.3) is 11.3 Å². The summed E-state index contributed by atoms with van der Waals surface area (Å²) in [4.78, 5) is 0. The zero-order valence-corrected chi connectivity index (χ0v) is 11.6. The van der Waals surface area contributed by atoms with Crippen LogP contribution in [0.15, 0.2) is 34.9 Å².